The van der Waals surface area contributed by atoms with E-state index in [9.17, 15) is 9.18 Å². The Balaban J connectivity index is 1.69. The van der Waals surface area contributed by atoms with Gasteiger partial charge < -0.3 is 15.0 Å². The monoisotopic (exact) mass is 370 g/mol. The summed E-state index contributed by atoms with van der Waals surface area (Å²) in [6, 6.07) is 14.1. The minimum absolute atomic E-state index is 0.0241. The molecule has 0 saturated carbocycles. The number of hydrogen-bond acceptors (Lipinski definition) is 4. The van der Waals surface area contributed by atoms with E-state index >= 15 is 0 Å². The summed E-state index contributed by atoms with van der Waals surface area (Å²) in [6.45, 7) is 2.03. The molecule has 0 bridgehead atoms. The fourth-order valence-corrected chi connectivity index (χ4v) is 4.43. The van der Waals surface area contributed by atoms with Crippen LogP contribution in [0.1, 0.15) is 21.3 Å². The molecule has 4 nitrogen and oxygen atoms in total. The Kier molecular flexibility index (Phi) is 4.61. The number of rotatable bonds is 3. The molecule has 1 unspecified atom stereocenters. The van der Waals surface area contributed by atoms with Gasteiger partial charge in [-0.2, -0.15) is 0 Å². The Morgan fingerprint density at radius 2 is 2.12 bits per heavy atom. The number of hydrogen-bond donors (Lipinski definition) is 1. The number of para-hydroxylation sites is 1. The molecule has 1 atom stereocenters. The number of nitrogens with one attached hydrogen (secondary N) is 1. The van der Waals surface area contributed by atoms with E-state index in [-0.39, 0.29) is 17.8 Å². The second-order valence-corrected chi connectivity index (χ2v) is 7.34. The third-order valence-electron chi connectivity index (χ3n) is 4.69. The number of carbonyl (C=O) groups excluding carboxylic acids is 1. The van der Waals surface area contributed by atoms with Crippen LogP contribution in [0.5, 0.6) is 5.75 Å². The minimum atomic E-state index is -0.289. The topological polar surface area (TPSA) is 41.6 Å². The van der Waals surface area contributed by atoms with E-state index in [1.165, 1.54) is 23.5 Å². The maximum Gasteiger partial charge on any atom is 0.264 e. The Labute approximate surface area is 155 Å². The molecule has 1 amide bonds. The second-order valence-electron chi connectivity index (χ2n) is 6.25. The number of amides is 1. The highest BCUT2D eigenvalue weighted by Gasteiger charge is 2.31. The van der Waals surface area contributed by atoms with Gasteiger partial charge in [0, 0.05) is 29.9 Å². The molecule has 1 aromatic heterocycles. The van der Waals surface area contributed by atoms with Gasteiger partial charge >= 0.3 is 0 Å². The van der Waals surface area contributed by atoms with Gasteiger partial charge in [-0.25, -0.2) is 4.39 Å². The third kappa shape index (κ3) is 3.06. The van der Waals surface area contributed by atoms with Gasteiger partial charge in [-0.05, 0) is 35.7 Å². The van der Waals surface area contributed by atoms with Crippen molar-refractivity contribution in [3.05, 3.63) is 64.8 Å². The van der Waals surface area contributed by atoms with E-state index < -0.39 is 0 Å². The van der Waals surface area contributed by atoms with Crippen LogP contribution in [0.25, 0.3) is 10.1 Å². The molecule has 0 aliphatic carbocycles. The van der Waals surface area contributed by atoms with Gasteiger partial charge in [-0.3, -0.25) is 4.79 Å². The van der Waals surface area contributed by atoms with Crippen LogP contribution in [-0.4, -0.2) is 37.6 Å². The van der Waals surface area contributed by atoms with Gasteiger partial charge in [0.25, 0.3) is 5.91 Å². The molecule has 1 fully saturated rings. The van der Waals surface area contributed by atoms with Crippen LogP contribution in [0.2, 0.25) is 0 Å². The zero-order valence-electron chi connectivity index (χ0n) is 14.4. The highest BCUT2D eigenvalue weighted by atomic mass is 32.1. The van der Waals surface area contributed by atoms with Gasteiger partial charge in [0.2, 0.25) is 0 Å². The molecule has 4 rings (SSSR count). The molecule has 3 aromatic rings. The Morgan fingerprint density at radius 3 is 2.96 bits per heavy atom. The lowest BCUT2D eigenvalue weighted by atomic mass is 10.0. The van der Waals surface area contributed by atoms with E-state index in [0.717, 1.165) is 27.9 Å². The number of halogens is 1. The van der Waals surface area contributed by atoms with Crippen molar-refractivity contribution in [2.45, 2.75) is 6.04 Å². The average molecular weight is 370 g/mol. The number of thiophene rings is 1. The third-order valence-corrected chi connectivity index (χ3v) is 5.80. The first-order valence-electron chi connectivity index (χ1n) is 8.51. The van der Waals surface area contributed by atoms with E-state index in [2.05, 4.69) is 5.32 Å². The predicted molar refractivity (Wildman–Crippen MR) is 101 cm³/mol. The smallest absolute Gasteiger partial charge is 0.264 e. The van der Waals surface area contributed by atoms with Crippen LogP contribution in [0.15, 0.2) is 48.5 Å². The lowest BCUT2D eigenvalue weighted by Gasteiger charge is -2.36. The van der Waals surface area contributed by atoms with Crippen molar-refractivity contribution < 1.29 is 13.9 Å². The van der Waals surface area contributed by atoms with Crippen molar-refractivity contribution >= 4 is 27.3 Å². The van der Waals surface area contributed by atoms with Crippen molar-refractivity contribution in [2.24, 2.45) is 0 Å². The largest absolute Gasteiger partial charge is 0.496 e. The standard InChI is InChI=1S/C20H19FN2O2S/c1-25-17-5-3-2-4-15(17)16-12-22-8-9-23(16)20(24)19-11-13-10-14(21)6-7-18(13)26-19/h2-7,10-11,16,22H,8-9,12H2,1H3. The van der Waals surface area contributed by atoms with E-state index in [1.54, 1.807) is 19.2 Å². The van der Waals surface area contributed by atoms with E-state index in [1.807, 2.05) is 29.2 Å². The van der Waals surface area contributed by atoms with Crippen molar-refractivity contribution in [1.82, 2.24) is 10.2 Å². The second kappa shape index (κ2) is 7.05. The molecule has 1 saturated heterocycles. The van der Waals surface area contributed by atoms with E-state index in [0.29, 0.717) is 18.0 Å². The summed E-state index contributed by atoms with van der Waals surface area (Å²) in [5.41, 5.74) is 0.989. The van der Waals surface area contributed by atoms with Crippen molar-refractivity contribution in [1.29, 1.82) is 0 Å². The Morgan fingerprint density at radius 1 is 1.27 bits per heavy atom. The summed E-state index contributed by atoms with van der Waals surface area (Å²) < 4.78 is 19.9. The summed E-state index contributed by atoms with van der Waals surface area (Å²) >= 11 is 1.41. The summed E-state index contributed by atoms with van der Waals surface area (Å²) in [5.74, 6) is 0.463. The van der Waals surface area contributed by atoms with Gasteiger partial charge in [-0.15, -0.1) is 11.3 Å². The molecule has 0 radical (unpaired) electrons. The van der Waals surface area contributed by atoms with Gasteiger partial charge in [0.1, 0.15) is 11.6 Å². The number of carbonyl (C=O) groups is 1. The first-order valence-corrected chi connectivity index (χ1v) is 9.33. The average Bonchev–Trinajstić information content (AvgIpc) is 3.10. The highest BCUT2D eigenvalue weighted by Crippen LogP contribution is 2.33. The normalized spacial score (nSPS) is 17.5. The lowest BCUT2D eigenvalue weighted by Crippen LogP contribution is -2.48. The number of fused-ring (bicyclic) bond motifs is 1. The number of benzene rings is 2. The molecular weight excluding hydrogens is 351 g/mol. The number of ether oxygens (including phenoxy) is 1. The SMILES string of the molecule is COc1ccccc1C1CNCCN1C(=O)c1cc2cc(F)ccc2s1. The van der Waals surface area contributed by atoms with Crippen LogP contribution in [0, 0.1) is 5.82 Å². The van der Waals surface area contributed by atoms with Crippen LogP contribution < -0.4 is 10.1 Å². The molecule has 2 aromatic carbocycles. The Bertz CT molecular complexity index is 956. The first kappa shape index (κ1) is 17.0. The van der Waals surface area contributed by atoms with Gasteiger partial charge in [-0.1, -0.05) is 18.2 Å². The molecule has 6 heteroatoms. The van der Waals surface area contributed by atoms with Crippen LogP contribution in [-0.2, 0) is 0 Å². The molecule has 134 valence electrons. The fraction of sp³-hybridized carbons (Fsp3) is 0.250. The predicted octanol–water partition coefficient (Wildman–Crippen LogP) is 3.84. The van der Waals surface area contributed by atoms with E-state index in [4.69, 9.17) is 4.74 Å². The molecular formula is C20H19FN2O2S. The summed E-state index contributed by atoms with van der Waals surface area (Å²) in [4.78, 5) is 15.7. The van der Waals surface area contributed by atoms with Crippen LogP contribution in [0.3, 0.4) is 0 Å². The molecule has 1 aliphatic heterocycles. The quantitative estimate of drug-likeness (QED) is 0.762. The fourth-order valence-electron chi connectivity index (χ4n) is 3.43. The molecule has 1 N–H and O–H groups in total. The zero-order chi connectivity index (χ0) is 18.1. The summed E-state index contributed by atoms with van der Waals surface area (Å²) in [6.07, 6.45) is 0. The van der Waals surface area contributed by atoms with Crippen molar-refractivity contribution in [3.63, 3.8) is 0 Å². The van der Waals surface area contributed by atoms with Gasteiger partial charge in [0.05, 0.1) is 18.0 Å². The Hall–Kier alpha value is -2.44. The summed E-state index contributed by atoms with van der Waals surface area (Å²) in [5, 5.41) is 4.13. The summed E-state index contributed by atoms with van der Waals surface area (Å²) in [7, 11) is 1.64. The highest BCUT2D eigenvalue weighted by molar-refractivity contribution is 7.20. The van der Waals surface area contributed by atoms with Crippen LogP contribution >= 0.6 is 11.3 Å². The molecule has 26 heavy (non-hydrogen) atoms. The minimum Gasteiger partial charge on any atom is -0.496 e. The lowest BCUT2D eigenvalue weighted by molar-refractivity contribution is 0.0637. The zero-order valence-corrected chi connectivity index (χ0v) is 15.2. The maximum absolute atomic E-state index is 13.5. The van der Waals surface area contributed by atoms with Crippen molar-refractivity contribution in [2.75, 3.05) is 26.7 Å². The van der Waals surface area contributed by atoms with Crippen molar-refractivity contribution in [3.8, 4) is 5.75 Å². The molecule has 1 aliphatic rings. The number of piperazine rings is 1. The molecule has 0 spiro atoms. The molecule has 2 heterocycles. The number of methoxy groups -OCH3 is 1. The van der Waals surface area contributed by atoms with Gasteiger partial charge in [0.15, 0.2) is 0 Å². The number of nitrogens with zero attached hydrogens (tertiary/aromatic N) is 1. The maximum atomic E-state index is 13.5. The first-order chi connectivity index (χ1) is 12.7. The van der Waals surface area contributed by atoms with Crippen LogP contribution in [0.4, 0.5) is 4.39 Å².